The molecule has 3 aromatic rings. The SMILES string of the molecule is Cc1ccc(C)c(Nc2ccc(CN(C)c3ccccc3CCO)cc2)c1. The third kappa shape index (κ3) is 4.89. The van der Waals surface area contributed by atoms with Crippen molar-refractivity contribution in [1.82, 2.24) is 0 Å². The van der Waals surface area contributed by atoms with Crippen LogP contribution in [-0.2, 0) is 13.0 Å². The summed E-state index contributed by atoms with van der Waals surface area (Å²) in [5, 5.41) is 12.8. The molecule has 0 saturated heterocycles. The molecule has 0 atom stereocenters. The Morgan fingerprint density at radius 2 is 1.67 bits per heavy atom. The predicted octanol–water partition coefficient (Wildman–Crippen LogP) is 5.22. The molecule has 0 saturated carbocycles. The zero-order valence-electron chi connectivity index (χ0n) is 16.4. The number of aliphatic hydroxyl groups is 1. The number of aliphatic hydroxyl groups excluding tert-OH is 1. The topological polar surface area (TPSA) is 35.5 Å². The highest BCUT2D eigenvalue weighted by atomic mass is 16.2. The first-order chi connectivity index (χ1) is 13.1. The van der Waals surface area contributed by atoms with Gasteiger partial charge >= 0.3 is 0 Å². The van der Waals surface area contributed by atoms with E-state index in [1.165, 1.54) is 27.9 Å². The molecule has 0 amide bonds. The van der Waals surface area contributed by atoms with E-state index in [1.807, 2.05) is 12.1 Å². The lowest BCUT2D eigenvalue weighted by Gasteiger charge is -2.22. The predicted molar refractivity (Wildman–Crippen MR) is 115 cm³/mol. The number of rotatable bonds is 7. The molecule has 0 aromatic heterocycles. The van der Waals surface area contributed by atoms with Crippen LogP contribution >= 0.6 is 0 Å². The van der Waals surface area contributed by atoms with Crippen LogP contribution < -0.4 is 10.2 Å². The minimum atomic E-state index is 0.170. The van der Waals surface area contributed by atoms with Crippen molar-refractivity contribution in [1.29, 1.82) is 0 Å². The van der Waals surface area contributed by atoms with Crippen molar-refractivity contribution >= 4 is 17.1 Å². The Kier molecular flexibility index (Phi) is 6.15. The Balaban J connectivity index is 1.70. The van der Waals surface area contributed by atoms with Crippen molar-refractivity contribution in [2.45, 2.75) is 26.8 Å². The molecule has 0 radical (unpaired) electrons. The molecule has 0 aliphatic carbocycles. The molecule has 0 fully saturated rings. The lowest BCUT2D eigenvalue weighted by molar-refractivity contribution is 0.299. The van der Waals surface area contributed by atoms with Gasteiger partial charge in [0.25, 0.3) is 0 Å². The van der Waals surface area contributed by atoms with Gasteiger partial charge < -0.3 is 15.3 Å². The molecule has 3 nitrogen and oxygen atoms in total. The van der Waals surface area contributed by atoms with Gasteiger partial charge in [-0.1, -0.05) is 42.5 Å². The van der Waals surface area contributed by atoms with Crippen LogP contribution in [0.3, 0.4) is 0 Å². The van der Waals surface area contributed by atoms with Gasteiger partial charge in [-0.15, -0.1) is 0 Å². The highest BCUT2D eigenvalue weighted by molar-refractivity contribution is 5.64. The summed E-state index contributed by atoms with van der Waals surface area (Å²) in [5.41, 5.74) is 8.34. The molecular formula is C24H28N2O. The molecule has 3 rings (SSSR count). The maximum Gasteiger partial charge on any atom is 0.0472 e. The lowest BCUT2D eigenvalue weighted by Crippen LogP contribution is -2.18. The maximum atomic E-state index is 9.28. The molecule has 140 valence electrons. The van der Waals surface area contributed by atoms with Crippen molar-refractivity contribution in [3.8, 4) is 0 Å². The van der Waals surface area contributed by atoms with Crippen molar-refractivity contribution in [3.63, 3.8) is 0 Å². The molecule has 27 heavy (non-hydrogen) atoms. The number of hydrogen-bond donors (Lipinski definition) is 2. The van der Waals surface area contributed by atoms with Crippen LogP contribution in [0.2, 0.25) is 0 Å². The van der Waals surface area contributed by atoms with Crippen LogP contribution in [0.1, 0.15) is 22.3 Å². The normalized spacial score (nSPS) is 10.7. The number of anilines is 3. The van der Waals surface area contributed by atoms with E-state index in [2.05, 4.69) is 85.7 Å². The highest BCUT2D eigenvalue weighted by Crippen LogP contribution is 2.24. The molecule has 2 N–H and O–H groups in total. The molecule has 0 unspecified atom stereocenters. The zero-order valence-corrected chi connectivity index (χ0v) is 16.4. The number of aryl methyl sites for hydroxylation is 2. The molecule has 0 aliphatic rings. The lowest BCUT2D eigenvalue weighted by atomic mass is 10.1. The third-order valence-electron chi connectivity index (χ3n) is 4.83. The zero-order chi connectivity index (χ0) is 19.2. The molecule has 3 heteroatoms. The first-order valence-corrected chi connectivity index (χ1v) is 9.40. The fourth-order valence-electron chi connectivity index (χ4n) is 3.29. The minimum Gasteiger partial charge on any atom is -0.396 e. The molecule has 0 aliphatic heterocycles. The summed E-state index contributed by atoms with van der Waals surface area (Å²) in [7, 11) is 2.10. The number of nitrogens with zero attached hydrogens (tertiary/aromatic N) is 1. The molecule has 0 spiro atoms. The number of benzene rings is 3. The summed E-state index contributed by atoms with van der Waals surface area (Å²) in [6, 6.07) is 23.3. The van der Waals surface area contributed by atoms with Crippen LogP contribution in [0, 0.1) is 13.8 Å². The van der Waals surface area contributed by atoms with E-state index in [4.69, 9.17) is 0 Å². The first kappa shape index (κ1) is 19.0. The van der Waals surface area contributed by atoms with Crippen LogP contribution in [0.4, 0.5) is 17.1 Å². The summed E-state index contributed by atoms with van der Waals surface area (Å²) in [4.78, 5) is 2.23. The molecule has 0 heterocycles. The van der Waals surface area contributed by atoms with E-state index in [0.29, 0.717) is 6.42 Å². The third-order valence-corrected chi connectivity index (χ3v) is 4.83. The van der Waals surface area contributed by atoms with E-state index in [-0.39, 0.29) is 6.61 Å². The van der Waals surface area contributed by atoms with Gasteiger partial charge in [0.15, 0.2) is 0 Å². The standard InChI is InChI=1S/C24H28N2O/c1-18-8-9-19(2)23(16-18)25-22-12-10-20(11-13-22)17-26(3)24-7-5-4-6-21(24)14-15-27/h4-13,16,25,27H,14-15,17H2,1-3H3. The Morgan fingerprint density at radius 3 is 2.41 bits per heavy atom. The second-order valence-electron chi connectivity index (χ2n) is 7.10. The largest absolute Gasteiger partial charge is 0.396 e. The summed E-state index contributed by atoms with van der Waals surface area (Å²) >= 11 is 0. The summed E-state index contributed by atoms with van der Waals surface area (Å²) in [6.45, 7) is 5.23. The highest BCUT2D eigenvalue weighted by Gasteiger charge is 2.07. The van der Waals surface area contributed by atoms with E-state index in [1.54, 1.807) is 0 Å². The Morgan fingerprint density at radius 1 is 0.926 bits per heavy atom. The van der Waals surface area contributed by atoms with E-state index >= 15 is 0 Å². The van der Waals surface area contributed by atoms with Crippen molar-refractivity contribution in [2.75, 3.05) is 23.9 Å². The van der Waals surface area contributed by atoms with Gasteiger partial charge in [-0.25, -0.2) is 0 Å². The fraction of sp³-hybridized carbons (Fsp3) is 0.250. The minimum absolute atomic E-state index is 0.170. The Hall–Kier alpha value is -2.78. The average Bonchev–Trinajstić information content (AvgIpc) is 2.67. The average molecular weight is 361 g/mol. The van der Waals surface area contributed by atoms with Crippen LogP contribution in [0.5, 0.6) is 0 Å². The van der Waals surface area contributed by atoms with Crippen LogP contribution in [0.25, 0.3) is 0 Å². The molecular weight excluding hydrogens is 332 g/mol. The van der Waals surface area contributed by atoms with Crippen LogP contribution in [0.15, 0.2) is 66.7 Å². The Bertz CT molecular complexity index is 887. The monoisotopic (exact) mass is 360 g/mol. The van der Waals surface area contributed by atoms with Crippen LogP contribution in [-0.4, -0.2) is 18.8 Å². The Labute approximate surface area is 162 Å². The van der Waals surface area contributed by atoms with E-state index in [0.717, 1.165) is 17.9 Å². The van der Waals surface area contributed by atoms with Gasteiger partial charge in [-0.05, 0) is 66.8 Å². The fourth-order valence-corrected chi connectivity index (χ4v) is 3.29. The first-order valence-electron chi connectivity index (χ1n) is 9.40. The van der Waals surface area contributed by atoms with E-state index in [9.17, 15) is 5.11 Å². The van der Waals surface area contributed by atoms with Crippen molar-refractivity contribution in [2.24, 2.45) is 0 Å². The quantitative estimate of drug-likeness (QED) is 0.606. The van der Waals surface area contributed by atoms with Crippen molar-refractivity contribution in [3.05, 3.63) is 89.0 Å². The smallest absolute Gasteiger partial charge is 0.0472 e. The van der Waals surface area contributed by atoms with Gasteiger partial charge in [-0.2, -0.15) is 0 Å². The van der Waals surface area contributed by atoms with Gasteiger partial charge in [0.1, 0.15) is 0 Å². The van der Waals surface area contributed by atoms with Gasteiger partial charge in [0.2, 0.25) is 0 Å². The maximum absolute atomic E-state index is 9.28. The summed E-state index contributed by atoms with van der Waals surface area (Å²) in [6.07, 6.45) is 0.680. The molecule has 3 aromatic carbocycles. The van der Waals surface area contributed by atoms with Gasteiger partial charge in [0, 0.05) is 37.3 Å². The number of para-hydroxylation sites is 1. The van der Waals surface area contributed by atoms with Crippen molar-refractivity contribution < 1.29 is 5.11 Å². The van der Waals surface area contributed by atoms with Gasteiger partial charge in [-0.3, -0.25) is 0 Å². The summed E-state index contributed by atoms with van der Waals surface area (Å²) in [5.74, 6) is 0. The van der Waals surface area contributed by atoms with E-state index < -0.39 is 0 Å². The van der Waals surface area contributed by atoms with Gasteiger partial charge in [0.05, 0.1) is 0 Å². The molecule has 0 bridgehead atoms. The second-order valence-corrected chi connectivity index (χ2v) is 7.10. The second kappa shape index (κ2) is 8.74. The summed E-state index contributed by atoms with van der Waals surface area (Å²) < 4.78 is 0. The number of nitrogens with one attached hydrogen (secondary N) is 1. The number of hydrogen-bond acceptors (Lipinski definition) is 3.